The molecular weight excluding hydrogens is 424 g/mol. The van der Waals surface area contributed by atoms with Gasteiger partial charge in [0.15, 0.2) is 0 Å². The first-order valence-electron chi connectivity index (χ1n) is 10.6. The maximum atomic E-state index is 12.6. The summed E-state index contributed by atoms with van der Waals surface area (Å²) in [6, 6.07) is 12.3. The molecule has 5 rings (SSSR count). The van der Waals surface area contributed by atoms with Gasteiger partial charge in [0.25, 0.3) is 5.56 Å². The van der Waals surface area contributed by atoms with Crippen LogP contribution in [0.1, 0.15) is 36.3 Å². The maximum absolute atomic E-state index is 12.6. The Morgan fingerprint density at radius 3 is 2.69 bits per heavy atom. The number of aromatic nitrogens is 1. The molecule has 7 heteroatoms. The second-order valence-corrected chi connectivity index (χ2v) is 9.19. The lowest BCUT2D eigenvalue weighted by atomic mass is 9.91. The normalized spacial score (nSPS) is 18.3. The number of aromatic amines is 1. The number of nitrogens with two attached hydrogens (primary N) is 1. The molecule has 3 N–H and O–H groups in total. The summed E-state index contributed by atoms with van der Waals surface area (Å²) >= 11 is 1.44. The molecule has 2 aromatic carbocycles. The van der Waals surface area contributed by atoms with Crippen molar-refractivity contribution in [2.45, 2.75) is 38.2 Å². The fourth-order valence-corrected chi connectivity index (χ4v) is 5.81. The summed E-state index contributed by atoms with van der Waals surface area (Å²) < 4.78 is 11.8. The van der Waals surface area contributed by atoms with Crippen LogP contribution < -0.4 is 16.0 Å². The summed E-state index contributed by atoms with van der Waals surface area (Å²) in [6.45, 7) is 1.98. The van der Waals surface area contributed by atoms with Gasteiger partial charge in [-0.15, -0.1) is 11.3 Å². The average Bonchev–Trinajstić information content (AvgIpc) is 3.44. The SMILES string of the molecule is COc1cc(C)c2[nH]c(=O)c3sccc3c2c1-c1ccc([C@@H]2CCC[C@H]2OC(N)=O)cc1. The maximum Gasteiger partial charge on any atom is 0.404 e. The van der Waals surface area contributed by atoms with E-state index in [0.717, 1.165) is 63.6 Å². The monoisotopic (exact) mass is 448 g/mol. The van der Waals surface area contributed by atoms with Crippen LogP contribution in [0, 0.1) is 6.92 Å². The number of rotatable bonds is 4. The summed E-state index contributed by atoms with van der Waals surface area (Å²) in [6.07, 6.45) is 1.90. The van der Waals surface area contributed by atoms with Crippen LogP contribution in [0.3, 0.4) is 0 Å². The molecule has 1 amide bonds. The number of amides is 1. The number of fused-ring (bicyclic) bond motifs is 3. The molecule has 0 bridgehead atoms. The lowest BCUT2D eigenvalue weighted by Crippen LogP contribution is -2.24. The highest BCUT2D eigenvalue weighted by atomic mass is 32.1. The highest BCUT2D eigenvalue weighted by Crippen LogP contribution is 2.43. The van der Waals surface area contributed by atoms with Gasteiger partial charge >= 0.3 is 6.09 Å². The van der Waals surface area contributed by atoms with Crippen LogP contribution in [-0.2, 0) is 4.74 Å². The lowest BCUT2D eigenvalue weighted by molar-refractivity contribution is 0.100. The third-order valence-corrected chi connectivity index (χ3v) is 7.35. The summed E-state index contributed by atoms with van der Waals surface area (Å²) in [5.41, 5.74) is 10.1. The minimum Gasteiger partial charge on any atom is -0.496 e. The molecule has 4 aromatic rings. The number of hydrogen-bond acceptors (Lipinski definition) is 5. The lowest BCUT2D eigenvalue weighted by Gasteiger charge is -2.20. The molecule has 1 aliphatic rings. The molecule has 2 aromatic heterocycles. The minimum atomic E-state index is -0.719. The fraction of sp³-hybridized carbons (Fsp3) is 0.280. The Kier molecular flexibility index (Phi) is 5.13. The van der Waals surface area contributed by atoms with Gasteiger partial charge in [-0.3, -0.25) is 4.79 Å². The Hall–Kier alpha value is -3.32. The van der Waals surface area contributed by atoms with E-state index in [1.165, 1.54) is 11.3 Å². The van der Waals surface area contributed by atoms with Crippen LogP contribution in [0.5, 0.6) is 5.75 Å². The van der Waals surface area contributed by atoms with Gasteiger partial charge in [-0.2, -0.15) is 0 Å². The van der Waals surface area contributed by atoms with Crippen molar-refractivity contribution in [3.63, 3.8) is 0 Å². The van der Waals surface area contributed by atoms with Crippen LogP contribution in [0.15, 0.2) is 46.6 Å². The number of H-pyrrole nitrogens is 1. The number of aryl methyl sites for hydroxylation is 1. The van der Waals surface area contributed by atoms with Crippen molar-refractivity contribution < 1.29 is 14.3 Å². The first-order chi connectivity index (χ1) is 15.5. The number of methoxy groups -OCH3 is 1. The molecular formula is C25H24N2O4S. The third kappa shape index (κ3) is 3.33. The van der Waals surface area contributed by atoms with Crippen LogP contribution in [0.25, 0.3) is 32.1 Å². The van der Waals surface area contributed by atoms with Crippen molar-refractivity contribution in [3.05, 3.63) is 63.3 Å². The van der Waals surface area contributed by atoms with Crippen molar-refractivity contribution in [1.82, 2.24) is 4.98 Å². The summed E-state index contributed by atoms with van der Waals surface area (Å²) in [5, 5.41) is 3.86. The van der Waals surface area contributed by atoms with E-state index in [4.69, 9.17) is 15.2 Å². The predicted molar refractivity (Wildman–Crippen MR) is 128 cm³/mol. The van der Waals surface area contributed by atoms with Gasteiger partial charge < -0.3 is 20.2 Å². The molecule has 1 fully saturated rings. The number of pyridine rings is 1. The number of carbonyl (C=O) groups excluding carboxylic acids is 1. The van der Waals surface area contributed by atoms with E-state index in [1.807, 2.05) is 24.4 Å². The molecule has 32 heavy (non-hydrogen) atoms. The molecule has 0 spiro atoms. The van der Waals surface area contributed by atoms with E-state index in [9.17, 15) is 9.59 Å². The Morgan fingerprint density at radius 2 is 1.97 bits per heavy atom. The Bertz CT molecular complexity index is 1390. The molecule has 1 saturated carbocycles. The smallest absolute Gasteiger partial charge is 0.404 e. The van der Waals surface area contributed by atoms with Gasteiger partial charge in [-0.1, -0.05) is 24.3 Å². The van der Waals surface area contributed by atoms with Crippen LogP contribution in [0.4, 0.5) is 4.79 Å². The number of primary amides is 1. The summed E-state index contributed by atoms with van der Waals surface area (Å²) in [5.74, 6) is 0.909. The van der Waals surface area contributed by atoms with E-state index >= 15 is 0 Å². The largest absolute Gasteiger partial charge is 0.496 e. The highest BCUT2D eigenvalue weighted by Gasteiger charge is 2.31. The third-order valence-electron chi connectivity index (χ3n) is 6.44. The molecule has 0 aliphatic heterocycles. The number of carbonyl (C=O) groups is 1. The number of hydrogen-bond donors (Lipinski definition) is 2. The standard InChI is InChI=1S/C25H24N2O4S/c1-13-12-19(30-2)20(21-17-10-11-32-23(17)24(28)27-22(13)21)15-8-6-14(7-9-15)16-4-3-5-18(16)31-25(26)29/h6-12,16,18H,3-5H2,1-2H3,(H2,26,29)(H,27,28)/t16-,18+/m0/s1. The zero-order chi connectivity index (χ0) is 22.4. The molecule has 0 saturated heterocycles. The molecule has 0 unspecified atom stereocenters. The van der Waals surface area contributed by atoms with Gasteiger partial charge in [0.2, 0.25) is 0 Å². The molecule has 2 atom stereocenters. The zero-order valence-corrected chi connectivity index (χ0v) is 18.8. The van der Waals surface area contributed by atoms with Crippen LogP contribution in [0.2, 0.25) is 0 Å². The van der Waals surface area contributed by atoms with Gasteiger partial charge in [0.05, 0.1) is 12.6 Å². The Labute approximate surface area is 189 Å². The van der Waals surface area contributed by atoms with Crippen LogP contribution >= 0.6 is 11.3 Å². The van der Waals surface area contributed by atoms with Crippen LogP contribution in [-0.4, -0.2) is 24.3 Å². The fourth-order valence-electron chi connectivity index (χ4n) is 5.01. The first-order valence-corrected chi connectivity index (χ1v) is 11.5. The quantitative estimate of drug-likeness (QED) is 0.433. The molecule has 0 radical (unpaired) electrons. The summed E-state index contributed by atoms with van der Waals surface area (Å²) in [7, 11) is 1.67. The van der Waals surface area contributed by atoms with E-state index in [1.54, 1.807) is 7.11 Å². The van der Waals surface area contributed by atoms with E-state index < -0.39 is 6.09 Å². The van der Waals surface area contributed by atoms with Gasteiger partial charge in [0.1, 0.15) is 16.6 Å². The van der Waals surface area contributed by atoms with Gasteiger partial charge in [-0.25, -0.2) is 4.79 Å². The molecule has 1 aliphatic carbocycles. The second kappa shape index (κ2) is 7.98. The molecule has 2 heterocycles. The van der Waals surface area contributed by atoms with E-state index in [2.05, 4.69) is 29.2 Å². The van der Waals surface area contributed by atoms with E-state index in [0.29, 0.717) is 4.70 Å². The number of nitrogens with one attached hydrogen (secondary N) is 1. The van der Waals surface area contributed by atoms with Gasteiger partial charge in [-0.05, 0) is 60.4 Å². The molecule has 164 valence electrons. The number of thiophene rings is 1. The van der Waals surface area contributed by atoms with Gasteiger partial charge in [0, 0.05) is 22.3 Å². The van der Waals surface area contributed by atoms with Crippen molar-refractivity contribution in [2.75, 3.05) is 7.11 Å². The van der Waals surface area contributed by atoms with E-state index in [-0.39, 0.29) is 17.6 Å². The number of benzene rings is 2. The van der Waals surface area contributed by atoms with Crippen molar-refractivity contribution in [1.29, 1.82) is 0 Å². The second-order valence-electron chi connectivity index (χ2n) is 8.27. The van der Waals surface area contributed by atoms with Crippen molar-refractivity contribution in [2.24, 2.45) is 5.73 Å². The van der Waals surface area contributed by atoms with Crippen molar-refractivity contribution in [3.8, 4) is 16.9 Å². The summed E-state index contributed by atoms with van der Waals surface area (Å²) in [4.78, 5) is 26.9. The topological polar surface area (TPSA) is 94.4 Å². The Balaban J connectivity index is 1.66. The number of ether oxygens (including phenoxy) is 2. The average molecular weight is 449 g/mol. The highest BCUT2D eigenvalue weighted by molar-refractivity contribution is 7.17. The predicted octanol–water partition coefficient (Wildman–Crippen LogP) is 5.46. The van der Waals surface area contributed by atoms with Crippen molar-refractivity contribution >= 4 is 38.4 Å². The first kappa shape index (κ1) is 20.6. The molecule has 6 nitrogen and oxygen atoms in total. The Morgan fingerprint density at radius 1 is 1.19 bits per heavy atom. The minimum absolute atomic E-state index is 0.0706. The zero-order valence-electron chi connectivity index (χ0n) is 17.9.